The predicted octanol–water partition coefficient (Wildman–Crippen LogP) is 4.75. The average Bonchev–Trinajstić information content (AvgIpc) is 2.55. The lowest BCUT2D eigenvalue weighted by molar-refractivity contribution is -0.384. The fourth-order valence-corrected chi connectivity index (χ4v) is 2.63. The maximum Gasteiger partial charge on any atom is 0.270 e. The molecule has 0 aliphatic heterocycles. The van der Waals surface area contributed by atoms with Gasteiger partial charge in [-0.1, -0.05) is 58.6 Å². The van der Waals surface area contributed by atoms with Crippen molar-refractivity contribution in [3.05, 3.63) is 69.3 Å². The van der Waals surface area contributed by atoms with Gasteiger partial charge in [-0.05, 0) is 31.5 Å². The summed E-state index contributed by atoms with van der Waals surface area (Å²) in [6, 6.07) is 10.9. The number of aryl methyl sites for hydroxylation is 2. The van der Waals surface area contributed by atoms with Crippen molar-refractivity contribution in [2.24, 2.45) is 0 Å². The van der Waals surface area contributed by atoms with Crippen LogP contribution in [-0.4, -0.2) is 20.8 Å². The van der Waals surface area contributed by atoms with Crippen molar-refractivity contribution in [1.82, 2.24) is 5.32 Å². The first-order valence-corrected chi connectivity index (χ1v) is 8.67. The zero-order valence-electron chi connectivity index (χ0n) is 13.9. The number of rotatable bonds is 5. The number of non-ortho nitro benzene ring substituents is 1. The quantitative estimate of drug-likeness (QED) is 0.319. The molecule has 6 nitrogen and oxygen atoms in total. The first-order chi connectivity index (χ1) is 12.1. The van der Waals surface area contributed by atoms with Crippen LogP contribution in [-0.2, 0) is 0 Å². The highest BCUT2D eigenvalue weighted by atomic mass is 35.6. The summed E-state index contributed by atoms with van der Waals surface area (Å²) in [5, 5.41) is 16.4. The van der Waals surface area contributed by atoms with Crippen LogP contribution in [0.4, 0.5) is 11.4 Å². The van der Waals surface area contributed by atoms with Crippen molar-refractivity contribution in [3.63, 3.8) is 0 Å². The van der Waals surface area contributed by atoms with Crippen molar-refractivity contribution in [1.29, 1.82) is 0 Å². The van der Waals surface area contributed by atoms with Crippen LogP contribution in [0.2, 0.25) is 0 Å². The van der Waals surface area contributed by atoms with Gasteiger partial charge in [-0.3, -0.25) is 14.9 Å². The molecular weight excluding hydrogens is 401 g/mol. The lowest BCUT2D eigenvalue weighted by Crippen LogP contribution is -2.49. The van der Waals surface area contributed by atoms with Gasteiger partial charge in [0, 0.05) is 23.4 Å². The molecule has 0 aliphatic carbocycles. The number of hydrogen-bond acceptors (Lipinski definition) is 4. The molecule has 2 N–H and O–H groups in total. The Morgan fingerprint density at radius 3 is 2.42 bits per heavy atom. The zero-order chi connectivity index (χ0) is 19.5. The van der Waals surface area contributed by atoms with Gasteiger partial charge in [0.2, 0.25) is 3.79 Å². The number of carbonyl (C=O) groups is 1. The fourth-order valence-electron chi connectivity index (χ4n) is 2.31. The molecule has 1 amide bonds. The third-order valence-corrected chi connectivity index (χ3v) is 4.26. The van der Waals surface area contributed by atoms with Crippen LogP contribution in [0.25, 0.3) is 0 Å². The molecule has 0 radical (unpaired) electrons. The third kappa shape index (κ3) is 5.24. The maximum absolute atomic E-state index is 12.5. The smallest absolute Gasteiger partial charge is 0.270 e. The SMILES string of the molecule is Cc1ccc(N[C@H](NC(=O)c2cccc([N+](=O)[O-])c2)C(Cl)(Cl)Cl)c(C)c1. The van der Waals surface area contributed by atoms with E-state index < -0.39 is 20.8 Å². The minimum Gasteiger partial charge on any atom is -0.362 e. The van der Waals surface area contributed by atoms with Crippen molar-refractivity contribution < 1.29 is 9.72 Å². The molecule has 2 aromatic rings. The molecule has 26 heavy (non-hydrogen) atoms. The highest BCUT2D eigenvalue weighted by Crippen LogP contribution is 2.32. The van der Waals surface area contributed by atoms with E-state index in [2.05, 4.69) is 10.6 Å². The Morgan fingerprint density at radius 2 is 1.85 bits per heavy atom. The second-order valence-corrected chi connectivity index (χ2v) is 8.09. The van der Waals surface area contributed by atoms with Gasteiger partial charge in [0.05, 0.1) is 4.92 Å². The molecule has 138 valence electrons. The van der Waals surface area contributed by atoms with Gasteiger partial charge in [0.15, 0.2) is 0 Å². The largest absolute Gasteiger partial charge is 0.362 e. The number of alkyl halides is 3. The number of nitrogens with one attached hydrogen (secondary N) is 2. The Hall–Kier alpha value is -2.02. The summed E-state index contributed by atoms with van der Waals surface area (Å²) in [7, 11) is 0. The van der Waals surface area contributed by atoms with E-state index >= 15 is 0 Å². The topological polar surface area (TPSA) is 84.3 Å². The minimum atomic E-state index is -1.85. The molecule has 0 bridgehead atoms. The Labute approximate surface area is 165 Å². The molecule has 0 unspecified atom stereocenters. The molecule has 0 aromatic heterocycles. The van der Waals surface area contributed by atoms with Gasteiger partial charge >= 0.3 is 0 Å². The fraction of sp³-hybridized carbons (Fsp3) is 0.235. The molecule has 0 fully saturated rings. The number of nitrogens with zero attached hydrogens (tertiary/aromatic N) is 1. The van der Waals surface area contributed by atoms with Crippen LogP contribution in [0.3, 0.4) is 0 Å². The second kappa shape index (κ2) is 8.12. The van der Waals surface area contributed by atoms with Crippen LogP contribution in [0.5, 0.6) is 0 Å². The van der Waals surface area contributed by atoms with E-state index in [9.17, 15) is 14.9 Å². The van der Waals surface area contributed by atoms with Gasteiger partial charge in [0.1, 0.15) is 6.17 Å². The molecule has 0 spiro atoms. The van der Waals surface area contributed by atoms with Crippen molar-refractivity contribution in [2.45, 2.75) is 23.8 Å². The summed E-state index contributed by atoms with van der Waals surface area (Å²) < 4.78 is -1.85. The summed E-state index contributed by atoms with van der Waals surface area (Å²) in [4.78, 5) is 22.7. The van der Waals surface area contributed by atoms with E-state index in [1.165, 1.54) is 18.2 Å². The van der Waals surface area contributed by atoms with E-state index in [0.717, 1.165) is 17.2 Å². The number of hydrogen-bond donors (Lipinski definition) is 2. The molecule has 0 aliphatic rings. The van der Waals surface area contributed by atoms with Gasteiger partial charge < -0.3 is 10.6 Å². The summed E-state index contributed by atoms with van der Waals surface area (Å²) in [6.07, 6.45) is -1.05. The Balaban J connectivity index is 2.24. The molecular formula is C17H16Cl3N3O3. The number of halogens is 3. The van der Waals surface area contributed by atoms with Crippen molar-refractivity contribution >= 4 is 52.1 Å². The Morgan fingerprint density at radius 1 is 1.15 bits per heavy atom. The van der Waals surface area contributed by atoms with Crippen LogP contribution in [0.15, 0.2) is 42.5 Å². The lowest BCUT2D eigenvalue weighted by Gasteiger charge is -2.28. The van der Waals surface area contributed by atoms with Crippen LogP contribution >= 0.6 is 34.8 Å². The highest BCUT2D eigenvalue weighted by molar-refractivity contribution is 6.68. The predicted molar refractivity (Wildman–Crippen MR) is 104 cm³/mol. The summed E-state index contributed by atoms with van der Waals surface area (Å²) in [6.45, 7) is 3.83. The number of amides is 1. The van der Waals surface area contributed by atoms with Crippen LogP contribution in [0, 0.1) is 24.0 Å². The number of anilines is 1. The van der Waals surface area contributed by atoms with E-state index in [4.69, 9.17) is 34.8 Å². The summed E-state index contributed by atoms with van der Waals surface area (Å²) >= 11 is 18.0. The lowest BCUT2D eigenvalue weighted by atomic mass is 10.1. The van der Waals surface area contributed by atoms with Gasteiger partial charge in [-0.15, -0.1) is 0 Å². The van der Waals surface area contributed by atoms with E-state index in [1.807, 2.05) is 32.0 Å². The molecule has 9 heteroatoms. The number of benzene rings is 2. The molecule has 2 aromatic carbocycles. The van der Waals surface area contributed by atoms with E-state index in [0.29, 0.717) is 5.69 Å². The second-order valence-electron chi connectivity index (χ2n) is 5.72. The van der Waals surface area contributed by atoms with E-state index in [1.54, 1.807) is 0 Å². The minimum absolute atomic E-state index is 0.0841. The van der Waals surface area contributed by atoms with Crippen molar-refractivity contribution in [3.8, 4) is 0 Å². The number of carbonyl (C=O) groups excluding carboxylic acids is 1. The Bertz CT molecular complexity index is 837. The monoisotopic (exact) mass is 415 g/mol. The van der Waals surface area contributed by atoms with Gasteiger partial charge in [-0.2, -0.15) is 0 Å². The Kier molecular flexibility index (Phi) is 6.34. The van der Waals surface area contributed by atoms with Crippen LogP contribution < -0.4 is 10.6 Å². The maximum atomic E-state index is 12.5. The van der Waals surface area contributed by atoms with E-state index in [-0.39, 0.29) is 11.3 Å². The van der Waals surface area contributed by atoms with Crippen LogP contribution in [0.1, 0.15) is 21.5 Å². The van der Waals surface area contributed by atoms with Gasteiger partial charge in [-0.25, -0.2) is 0 Å². The number of nitro groups is 1. The average molecular weight is 417 g/mol. The first kappa shape index (κ1) is 20.3. The molecule has 2 rings (SSSR count). The van der Waals surface area contributed by atoms with Crippen molar-refractivity contribution in [2.75, 3.05) is 5.32 Å². The summed E-state index contributed by atoms with van der Waals surface area (Å²) in [5.74, 6) is -0.609. The molecule has 1 atom stereocenters. The molecule has 0 heterocycles. The summed E-state index contributed by atoms with van der Waals surface area (Å²) in [5.41, 5.74) is 2.55. The first-order valence-electron chi connectivity index (χ1n) is 7.54. The van der Waals surface area contributed by atoms with Gasteiger partial charge in [0.25, 0.3) is 11.6 Å². The third-order valence-electron chi connectivity index (χ3n) is 3.60. The highest BCUT2D eigenvalue weighted by Gasteiger charge is 2.34. The molecule has 0 saturated carbocycles. The standard InChI is InChI=1S/C17H16Cl3N3O3/c1-10-6-7-14(11(2)8-10)21-16(17(18,19)20)22-15(24)12-4-3-5-13(9-12)23(25)26/h3-9,16,21H,1-2H3,(H,22,24)/t16-/m1/s1. The zero-order valence-corrected chi connectivity index (χ0v) is 16.2. The normalized spacial score (nSPS) is 12.3. The molecule has 0 saturated heterocycles. The number of nitro benzene ring substituents is 1.